The van der Waals surface area contributed by atoms with Crippen molar-refractivity contribution < 1.29 is 37.4 Å². The van der Waals surface area contributed by atoms with Gasteiger partial charge >= 0.3 is 18.2 Å². The Labute approximate surface area is 188 Å². The molecule has 0 aromatic heterocycles. The second-order valence-corrected chi connectivity index (χ2v) is 7.69. The van der Waals surface area contributed by atoms with Crippen LogP contribution in [0.5, 0.6) is 0 Å². The Hall–Kier alpha value is -3.56. The standard InChI is InChI=1S/C23H23F3N2O5/c24-23(25,26)17-9-4-8-16(12-17)13-18(21(30)31)27-20(29)19-10-5-11-28(19)22(32)33-14-15-6-2-1-3-7-15/h1-4,6-9,12,18-19H,5,10-11,13-14H2,(H,27,29)(H,30,31)/t18-,19-/m1/s1. The zero-order chi connectivity index (χ0) is 24.0. The van der Waals surface area contributed by atoms with Crippen LogP contribution in [-0.2, 0) is 33.5 Å². The van der Waals surface area contributed by atoms with Gasteiger partial charge in [0.25, 0.3) is 0 Å². The number of rotatable bonds is 7. The van der Waals surface area contributed by atoms with Crippen molar-refractivity contribution in [2.24, 2.45) is 0 Å². The van der Waals surface area contributed by atoms with Crippen molar-refractivity contribution in [2.75, 3.05) is 6.54 Å². The van der Waals surface area contributed by atoms with Gasteiger partial charge in [-0.1, -0.05) is 48.5 Å². The zero-order valence-electron chi connectivity index (χ0n) is 17.5. The van der Waals surface area contributed by atoms with Crippen molar-refractivity contribution >= 4 is 18.0 Å². The Bertz CT molecular complexity index is 997. The van der Waals surface area contributed by atoms with E-state index in [-0.39, 0.29) is 25.1 Å². The van der Waals surface area contributed by atoms with Crippen LogP contribution in [0.2, 0.25) is 0 Å². The smallest absolute Gasteiger partial charge is 0.416 e. The lowest BCUT2D eigenvalue weighted by Gasteiger charge is -2.25. The molecular weight excluding hydrogens is 441 g/mol. The molecular formula is C23H23F3N2O5. The summed E-state index contributed by atoms with van der Waals surface area (Å²) in [7, 11) is 0. The Morgan fingerprint density at radius 1 is 1.09 bits per heavy atom. The lowest BCUT2D eigenvalue weighted by Crippen LogP contribution is -2.51. The predicted octanol–water partition coefficient (Wildman–Crippen LogP) is 3.62. The first-order chi connectivity index (χ1) is 15.6. The van der Waals surface area contributed by atoms with E-state index in [1.165, 1.54) is 17.0 Å². The number of halogens is 3. The molecule has 3 rings (SSSR count). The quantitative estimate of drug-likeness (QED) is 0.653. The molecule has 2 aromatic carbocycles. The molecule has 2 aromatic rings. The summed E-state index contributed by atoms with van der Waals surface area (Å²) in [6.45, 7) is 0.300. The molecule has 0 aliphatic carbocycles. The van der Waals surface area contributed by atoms with Crippen LogP contribution in [0.15, 0.2) is 54.6 Å². The number of nitrogens with one attached hydrogen (secondary N) is 1. The summed E-state index contributed by atoms with van der Waals surface area (Å²) in [5.41, 5.74) is -0.0141. The van der Waals surface area contributed by atoms with Gasteiger partial charge in [0.2, 0.25) is 5.91 Å². The van der Waals surface area contributed by atoms with Crippen LogP contribution < -0.4 is 5.32 Å². The number of aliphatic carboxylic acids is 1. The highest BCUT2D eigenvalue weighted by Crippen LogP contribution is 2.29. The van der Waals surface area contributed by atoms with Gasteiger partial charge < -0.3 is 15.2 Å². The van der Waals surface area contributed by atoms with E-state index in [1.54, 1.807) is 24.3 Å². The molecule has 1 heterocycles. The van der Waals surface area contributed by atoms with Crippen LogP contribution >= 0.6 is 0 Å². The summed E-state index contributed by atoms with van der Waals surface area (Å²) in [4.78, 5) is 38.1. The zero-order valence-corrected chi connectivity index (χ0v) is 17.5. The highest BCUT2D eigenvalue weighted by Gasteiger charge is 2.37. The van der Waals surface area contributed by atoms with E-state index in [1.807, 2.05) is 6.07 Å². The molecule has 1 aliphatic heterocycles. The maximum atomic E-state index is 12.9. The number of nitrogens with zero attached hydrogens (tertiary/aromatic N) is 1. The number of benzene rings is 2. The first-order valence-corrected chi connectivity index (χ1v) is 10.3. The first kappa shape index (κ1) is 24.1. The SMILES string of the molecule is O=C(N[C@H](Cc1cccc(C(F)(F)F)c1)C(=O)O)[C@H]1CCCN1C(=O)OCc1ccccc1. The number of hydrogen-bond acceptors (Lipinski definition) is 4. The maximum Gasteiger partial charge on any atom is 0.416 e. The van der Waals surface area contributed by atoms with Gasteiger partial charge in [0.05, 0.1) is 5.56 Å². The van der Waals surface area contributed by atoms with Crippen molar-refractivity contribution in [2.45, 2.75) is 44.1 Å². The third-order valence-electron chi connectivity index (χ3n) is 5.30. The van der Waals surface area contributed by atoms with Crippen LogP contribution in [-0.4, -0.2) is 46.6 Å². The van der Waals surface area contributed by atoms with E-state index >= 15 is 0 Å². The summed E-state index contributed by atoms with van der Waals surface area (Å²) in [5, 5.41) is 11.9. The molecule has 2 atom stereocenters. The minimum Gasteiger partial charge on any atom is -0.480 e. The highest BCUT2D eigenvalue weighted by atomic mass is 19.4. The average Bonchev–Trinajstić information content (AvgIpc) is 3.27. The number of carboxylic acid groups (broad SMARTS) is 1. The number of likely N-dealkylation sites (tertiary alicyclic amines) is 1. The van der Waals surface area contributed by atoms with Crippen LogP contribution in [0, 0.1) is 0 Å². The fourth-order valence-corrected chi connectivity index (χ4v) is 3.64. The van der Waals surface area contributed by atoms with Crippen LogP contribution in [0.1, 0.15) is 29.5 Å². The second-order valence-electron chi connectivity index (χ2n) is 7.69. The van der Waals surface area contributed by atoms with Crippen molar-refractivity contribution in [1.29, 1.82) is 0 Å². The number of hydrogen-bond donors (Lipinski definition) is 2. The summed E-state index contributed by atoms with van der Waals surface area (Å²) < 4.78 is 44.1. The van der Waals surface area contributed by atoms with Crippen molar-refractivity contribution in [3.63, 3.8) is 0 Å². The lowest BCUT2D eigenvalue weighted by atomic mass is 10.0. The Balaban J connectivity index is 1.63. The number of amides is 2. The number of ether oxygens (including phenoxy) is 1. The third kappa shape index (κ3) is 6.47. The summed E-state index contributed by atoms with van der Waals surface area (Å²) in [6, 6.07) is 10.9. The van der Waals surface area contributed by atoms with E-state index < -0.39 is 41.8 Å². The first-order valence-electron chi connectivity index (χ1n) is 10.3. The molecule has 1 aliphatic rings. The van der Waals surface area contributed by atoms with Gasteiger partial charge in [0.1, 0.15) is 18.7 Å². The molecule has 2 amide bonds. The Kier molecular flexibility index (Phi) is 7.57. The van der Waals surface area contributed by atoms with Crippen LogP contribution in [0.3, 0.4) is 0 Å². The fourth-order valence-electron chi connectivity index (χ4n) is 3.64. The topological polar surface area (TPSA) is 95.9 Å². The average molecular weight is 464 g/mol. The normalized spacial score (nSPS) is 16.8. The van der Waals surface area contributed by atoms with Crippen LogP contribution in [0.4, 0.5) is 18.0 Å². The van der Waals surface area contributed by atoms with Gasteiger partial charge in [-0.25, -0.2) is 9.59 Å². The Morgan fingerprint density at radius 3 is 2.45 bits per heavy atom. The van der Waals surface area contributed by atoms with Crippen molar-refractivity contribution in [3.05, 3.63) is 71.3 Å². The van der Waals surface area contributed by atoms with Gasteiger partial charge in [0.15, 0.2) is 0 Å². The van der Waals surface area contributed by atoms with Gasteiger partial charge in [-0.05, 0) is 30.0 Å². The van der Waals surface area contributed by atoms with Gasteiger partial charge in [-0.3, -0.25) is 9.69 Å². The fraction of sp³-hybridized carbons (Fsp3) is 0.348. The summed E-state index contributed by atoms with van der Waals surface area (Å²) >= 11 is 0. The molecule has 176 valence electrons. The summed E-state index contributed by atoms with van der Waals surface area (Å²) in [5.74, 6) is -2.08. The van der Waals surface area contributed by atoms with E-state index in [0.717, 1.165) is 17.7 Å². The molecule has 0 bridgehead atoms. The molecule has 0 saturated carbocycles. The highest BCUT2D eigenvalue weighted by molar-refractivity contribution is 5.89. The van der Waals surface area contributed by atoms with E-state index in [0.29, 0.717) is 12.8 Å². The monoisotopic (exact) mass is 464 g/mol. The molecule has 0 unspecified atom stereocenters. The van der Waals surface area contributed by atoms with Crippen molar-refractivity contribution in [3.8, 4) is 0 Å². The number of carbonyl (C=O) groups excluding carboxylic acids is 2. The molecule has 7 nitrogen and oxygen atoms in total. The molecule has 0 radical (unpaired) electrons. The minimum atomic E-state index is -4.57. The number of alkyl halides is 3. The maximum absolute atomic E-state index is 12.9. The molecule has 33 heavy (non-hydrogen) atoms. The largest absolute Gasteiger partial charge is 0.480 e. The molecule has 0 spiro atoms. The van der Waals surface area contributed by atoms with Gasteiger partial charge in [-0.2, -0.15) is 13.2 Å². The molecule has 1 fully saturated rings. The van der Waals surface area contributed by atoms with E-state index in [4.69, 9.17) is 4.74 Å². The summed E-state index contributed by atoms with van der Waals surface area (Å²) in [6.07, 6.45) is -4.74. The van der Waals surface area contributed by atoms with E-state index in [2.05, 4.69) is 5.32 Å². The number of carboxylic acids is 1. The number of carbonyl (C=O) groups is 3. The van der Waals surface area contributed by atoms with Gasteiger partial charge in [-0.15, -0.1) is 0 Å². The molecule has 2 N–H and O–H groups in total. The molecule has 10 heteroatoms. The third-order valence-corrected chi connectivity index (χ3v) is 5.30. The van der Waals surface area contributed by atoms with E-state index in [9.17, 15) is 32.7 Å². The Morgan fingerprint density at radius 2 is 1.79 bits per heavy atom. The predicted molar refractivity (Wildman–Crippen MR) is 111 cm³/mol. The van der Waals surface area contributed by atoms with Crippen LogP contribution in [0.25, 0.3) is 0 Å². The molecule has 1 saturated heterocycles. The second kappa shape index (κ2) is 10.4. The van der Waals surface area contributed by atoms with Gasteiger partial charge in [0, 0.05) is 13.0 Å². The minimum absolute atomic E-state index is 0.0256. The van der Waals surface area contributed by atoms with Crippen molar-refractivity contribution in [1.82, 2.24) is 10.2 Å². The lowest BCUT2D eigenvalue weighted by molar-refractivity contribution is -0.142.